The van der Waals surface area contributed by atoms with Crippen molar-refractivity contribution in [1.29, 1.82) is 0 Å². The summed E-state index contributed by atoms with van der Waals surface area (Å²) in [5.74, 6) is 0.593. The van der Waals surface area contributed by atoms with Crippen molar-refractivity contribution in [2.24, 2.45) is 0 Å². The molecule has 0 bridgehead atoms. The van der Waals surface area contributed by atoms with Crippen LogP contribution in [0.2, 0.25) is 0 Å². The highest BCUT2D eigenvalue weighted by atomic mass is 15.0. The SMILES string of the molecule is Nc1[nH]cc[nH+]1. The van der Waals surface area contributed by atoms with Gasteiger partial charge in [0.15, 0.2) is 0 Å². The molecule has 0 fully saturated rings. The van der Waals surface area contributed by atoms with E-state index in [1.807, 2.05) is 0 Å². The fourth-order valence-corrected chi connectivity index (χ4v) is 0.305. The number of aromatic nitrogens is 2. The van der Waals surface area contributed by atoms with Crippen LogP contribution in [0.5, 0.6) is 0 Å². The van der Waals surface area contributed by atoms with Gasteiger partial charge in [-0.2, -0.15) is 0 Å². The highest BCUT2D eigenvalue weighted by molar-refractivity contribution is 5.01. The lowest BCUT2D eigenvalue weighted by Gasteiger charge is -1.61. The summed E-state index contributed by atoms with van der Waals surface area (Å²) in [7, 11) is 0. The Balaban J connectivity index is 3.05. The van der Waals surface area contributed by atoms with Crippen LogP contribution in [0.25, 0.3) is 0 Å². The Kier molecular flexibility index (Phi) is 0.538. The molecule has 0 atom stereocenters. The molecule has 0 saturated carbocycles. The van der Waals surface area contributed by atoms with Gasteiger partial charge in [-0.25, -0.2) is 9.97 Å². The molecule has 0 spiro atoms. The number of nitrogens with one attached hydrogen (secondary N) is 2. The van der Waals surface area contributed by atoms with Crippen molar-refractivity contribution in [1.82, 2.24) is 4.98 Å². The Morgan fingerprint density at radius 2 is 2.67 bits per heavy atom. The van der Waals surface area contributed by atoms with Crippen LogP contribution in [0.3, 0.4) is 0 Å². The lowest BCUT2D eigenvalue weighted by Crippen LogP contribution is -2.03. The Morgan fingerprint density at radius 3 is 2.83 bits per heavy atom. The first-order valence-corrected chi connectivity index (χ1v) is 1.70. The Labute approximate surface area is 35.2 Å². The smallest absolute Gasteiger partial charge is 0.290 e. The van der Waals surface area contributed by atoms with Crippen LogP contribution in [0.1, 0.15) is 0 Å². The molecule has 0 aliphatic heterocycles. The predicted octanol–water partition coefficient (Wildman–Crippen LogP) is -0.589. The molecule has 32 valence electrons. The molecule has 4 N–H and O–H groups in total. The third kappa shape index (κ3) is 0.337. The van der Waals surface area contributed by atoms with Gasteiger partial charge in [0, 0.05) is 0 Å². The van der Waals surface area contributed by atoms with Crippen molar-refractivity contribution >= 4 is 5.95 Å². The number of hydrogen-bond donors (Lipinski definition) is 2. The average molecular weight is 84.1 g/mol. The highest BCUT2D eigenvalue weighted by Crippen LogP contribution is 1.73. The van der Waals surface area contributed by atoms with E-state index in [2.05, 4.69) is 9.97 Å². The number of aromatic amines is 2. The minimum atomic E-state index is 0.593. The monoisotopic (exact) mass is 84.1 g/mol. The van der Waals surface area contributed by atoms with E-state index in [0.717, 1.165) is 0 Å². The number of H-pyrrole nitrogens is 2. The van der Waals surface area contributed by atoms with Crippen molar-refractivity contribution in [2.75, 3.05) is 5.73 Å². The molecule has 0 aliphatic carbocycles. The summed E-state index contributed by atoms with van der Waals surface area (Å²) in [6.07, 6.45) is 3.46. The van der Waals surface area contributed by atoms with Gasteiger partial charge in [-0.05, 0) is 0 Å². The van der Waals surface area contributed by atoms with Gasteiger partial charge in [0.2, 0.25) is 0 Å². The van der Waals surface area contributed by atoms with Crippen molar-refractivity contribution in [3.63, 3.8) is 0 Å². The minimum absolute atomic E-state index is 0.593. The summed E-state index contributed by atoms with van der Waals surface area (Å²) in [5.41, 5.74) is 5.17. The zero-order valence-corrected chi connectivity index (χ0v) is 3.23. The van der Waals surface area contributed by atoms with Crippen LogP contribution in [0.15, 0.2) is 12.4 Å². The number of anilines is 1. The summed E-state index contributed by atoms with van der Waals surface area (Å²) in [4.78, 5) is 5.44. The maximum atomic E-state index is 5.17. The number of nitrogens with two attached hydrogens (primary N) is 1. The summed E-state index contributed by atoms with van der Waals surface area (Å²) < 4.78 is 0. The van der Waals surface area contributed by atoms with Crippen LogP contribution in [0.4, 0.5) is 5.95 Å². The van der Waals surface area contributed by atoms with E-state index in [9.17, 15) is 0 Å². The standard InChI is InChI=1S/C3H5N3/c4-3-5-1-2-6-3/h1-2H,(H3,4,5,6)/p+1. The average Bonchev–Trinajstić information content (AvgIpc) is 1.86. The third-order valence-electron chi connectivity index (χ3n) is 0.561. The van der Waals surface area contributed by atoms with E-state index >= 15 is 0 Å². The van der Waals surface area contributed by atoms with E-state index in [1.54, 1.807) is 12.4 Å². The second kappa shape index (κ2) is 1.01. The van der Waals surface area contributed by atoms with Crippen molar-refractivity contribution < 1.29 is 4.98 Å². The Hall–Kier alpha value is -0.990. The van der Waals surface area contributed by atoms with E-state index in [-0.39, 0.29) is 0 Å². The first-order valence-electron chi connectivity index (χ1n) is 1.70. The van der Waals surface area contributed by atoms with Crippen molar-refractivity contribution in [3.05, 3.63) is 12.4 Å². The van der Waals surface area contributed by atoms with Gasteiger partial charge in [-0.3, -0.25) is 5.73 Å². The fraction of sp³-hybridized carbons (Fsp3) is 0. The summed E-state index contributed by atoms with van der Waals surface area (Å²) >= 11 is 0. The number of imidazole rings is 1. The fourth-order valence-electron chi connectivity index (χ4n) is 0.305. The molecule has 6 heavy (non-hydrogen) atoms. The highest BCUT2D eigenvalue weighted by Gasteiger charge is 1.82. The zero-order chi connectivity index (χ0) is 4.41. The van der Waals surface area contributed by atoms with Gasteiger partial charge in [-0.1, -0.05) is 0 Å². The van der Waals surface area contributed by atoms with Gasteiger partial charge in [0.05, 0.1) is 12.4 Å². The number of nitrogen functional groups attached to an aromatic ring is 1. The number of hydrogen-bond acceptors (Lipinski definition) is 1. The molecule has 0 unspecified atom stereocenters. The van der Waals surface area contributed by atoms with Crippen LogP contribution in [0, 0.1) is 0 Å². The molecule has 1 aromatic heterocycles. The maximum Gasteiger partial charge on any atom is 0.350 e. The van der Waals surface area contributed by atoms with E-state index in [1.165, 1.54) is 0 Å². The van der Waals surface area contributed by atoms with Crippen molar-refractivity contribution in [2.45, 2.75) is 0 Å². The van der Waals surface area contributed by atoms with Crippen LogP contribution < -0.4 is 10.7 Å². The molecule has 1 aromatic rings. The maximum absolute atomic E-state index is 5.17. The van der Waals surface area contributed by atoms with Gasteiger partial charge in [-0.15, -0.1) is 0 Å². The van der Waals surface area contributed by atoms with E-state index < -0.39 is 0 Å². The summed E-state index contributed by atoms with van der Waals surface area (Å²) in [6, 6.07) is 0. The zero-order valence-electron chi connectivity index (χ0n) is 3.23. The molecule has 0 radical (unpaired) electrons. The first-order chi connectivity index (χ1) is 2.89. The molecule has 1 rings (SSSR count). The Morgan fingerprint density at radius 1 is 1.83 bits per heavy atom. The van der Waals surface area contributed by atoms with Gasteiger partial charge in [0.25, 0.3) is 0 Å². The molecule has 0 aliphatic rings. The molecule has 1 heterocycles. The first kappa shape index (κ1) is 3.21. The normalized spacial score (nSPS) is 8.67. The molecule has 0 amide bonds. The third-order valence-corrected chi connectivity index (χ3v) is 0.561. The van der Waals surface area contributed by atoms with Crippen LogP contribution in [-0.4, -0.2) is 4.98 Å². The van der Waals surface area contributed by atoms with Gasteiger partial charge < -0.3 is 0 Å². The van der Waals surface area contributed by atoms with E-state index in [4.69, 9.17) is 5.73 Å². The quantitative estimate of drug-likeness (QED) is 0.433. The molecular weight excluding hydrogens is 78.1 g/mol. The molecule has 0 aromatic carbocycles. The lowest BCUT2D eigenvalue weighted by atomic mass is 11.0. The second-order valence-electron chi connectivity index (χ2n) is 1.04. The molecule has 3 heteroatoms. The van der Waals surface area contributed by atoms with Gasteiger partial charge >= 0.3 is 5.95 Å². The van der Waals surface area contributed by atoms with Gasteiger partial charge in [0.1, 0.15) is 0 Å². The molecule has 0 saturated heterocycles. The topological polar surface area (TPSA) is 56.0 Å². The van der Waals surface area contributed by atoms with Crippen LogP contribution >= 0.6 is 0 Å². The minimum Gasteiger partial charge on any atom is -0.290 e. The predicted molar refractivity (Wildman–Crippen MR) is 21.8 cm³/mol. The second-order valence-corrected chi connectivity index (χ2v) is 1.04. The van der Waals surface area contributed by atoms with E-state index in [0.29, 0.717) is 5.95 Å². The molecular formula is C3H6N3+. The summed E-state index contributed by atoms with van der Waals surface area (Å²) in [6.45, 7) is 0. The Bertz CT molecular complexity index is 110. The lowest BCUT2D eigenvalue weighted by molar-refractivity contribution is -0.357. The van der Waals surface area contributed by atoms with Crippen molar-refractivity contribution in [3.8, 4) is 0 Å². The molecule has 3 nitrogen and oxygen atoms in total. The number of rotatable bonds is 0. The summed E-state index contributed by atoms with van der Waals surface area (Å²) in [5, 5.41) is 0. The van der Waals surface area contributed by atoms with Crippen LogP contribution in [-0.2, 0) is 0 Å². The largest absolute Gasteiger partial charge is 0.350 e.